The van der Waals surface area contributed by atoms with Crippen LogP contribution in [0.5, 0.6) is 0 Å². The van der Waals surface area contributed by atoms with Gasteiger partial charge in [-0.3, -0.25) is 14.3 Å². The van der Waals surface area contributed by atoms with Crippen LogP contribution in [0.1, 0.15) is 44.1 Å². The van der Waals surface area contributed by atoms with Gasteiger partial charge in [0.15, 0.2) is 0 Å². The van der Waals surface area contributed by atoms with Gasteiger partial charge in [0.1, 0.15) is 6.04 Å². The molecular weight excluding hydrogens is 270 g/mol. The van der Waals surface area contributed by atoms with Crippen molar-refractivity contribution >= 4 is 11.9 Å². The molecule has 0 saturated carbocycles. The maximum atomic E-state index is 11.7. The summed E-state index contributed by atoms with van der Waals surface area (Å²) in [5.41, 5.74) is 3.10. The normalized spacial score (nSPS) is 12.5. The Labute approximate surface area is 125 Å². The van der Waals surface area contributed by atoms with Gasteiger partial charge in [0.25, 0.3) is 0 Å². The molecule has 0 spiro atoms. The van der Waals surface area contributed by atoms with E-state index in [0.29, 0.717) is 12.3 Å². The van der Waals surface area contributed by atoms with E-state index in [9.17, 15) is 9.59 Å². The maximum Gasteiger partial charge on any atom is 0.325 e. The molecule has 21 heavy (non-hydrogen) atoms. The number of hydrogen-bond acceptors (Lipinski definition) is 3. The van der Waals surface area contributed by atoms with Gasteiger partial charge in [-0.1, -0.05) is 13.8 Å². The van der Waals surface area contributed by atoms with Gasteiger partial charge >= 0.3 is 5.97 Å². The number of nitrogens with one attached hydrogen (secondary N) is 1. The van der Waals surface area contributed by atoms with E-state index in [1.54, 1.807) is 0 Å². The maximum absolute atomic E-state index is 11.7. The van der Waals surface area contributed by atoms with Gasteiger partial charge in [-0.15, -0.1) is 0 Å². The highest BCUT2D eigenvalue weighted by Gasteiger charge is 2.16. The van der Waals surface area contributed by atoms with Crippen LogP contribution in [0.15, 0.2) is 0 Å². The molecule has 0 aliphatic carbocycles. The fraction of sp³-hybridized carbons (Fsp3) is 0.667. The fourth-order valence-electron chi connectivity index (χ4n) is 2.23. The molecule has 0 aliphatic rings. The zero-order valence-electron chi connectivity index (χ0n) is 13.4. The Kier molecular flexibility index (Phi) is 5.93. The molecule has 1 heterocycles. The Balaban J connectivity index is 2.65. The molecule has 2 N–H and O–H groups in total. The van der Waals surface area contributed by atoms with Crippen LogP contribution in [-0.2, 0) is 22.6 Å². The average Bonchev–Trinajstić information content (AvgIpc) is 2.61. The fourth-order valence-corrected chi connectivity index (χ4v) is 2.23. The van der Waals surface area contributed by atoms with Crippen LogP contribution >= 0.6 is 0 Å². The van der Waals surface area contributed by atoms with Crippen molar-refractivity contribution in [1.82, 2.24) is 15.1 Å². The minimum absolute atomic E-state index is 0.250. The van der Waals surface area contributed by atoms with Crippen molar-refractivity contribution in [2.45, 2.75) is 60.0 Å². The highest BCUT2D eigenvalue weighted by Crippen LogP contribution is 2.16. The van der Waals surface area contributed by atoms with Crippen molar-refractivity contribution in [3.05, 3.63) is 17.0 Å². The first kappa shape index (κ1) is 17.2. The number of carbonyl (C=O) groups is 2. The van der Waals surface area contributed by atoms with E-state index in [0.717, 1.165) is 23.5 Å². The Hall–Kier alpha value is -1.85. The minimum Gasteiger partial charge on any atom is -0.480 e. The summed E-state index contributed by atoms with van der Waals surface area (Å²) in [6, 6.07) is -0.858. The van der Waals surface area contributed by atoms with Crippen molar-refractivity contribution in [3.8, 4) is 0 Å². The van der Waals surface area contributed by atoms with Crippen LogP contribution in [0, 0.1) is 19.8 Å². The van der Waals surface area contributed by atoms with Crippen molar-refractivity contribution in [2.24, 2.45) is 5.92 Å². The molecule has 0 saturated heterocycles. The van der Waals surface area contributed by atoms with Crippen LogP contribution in [0.4, 0.5) is 0 Å². The first-order chi connectivity index (χ1) is 9.72. The summed E-state index contributed by atoms with van der Waals surface area (Å²) in [5, 5.41) is 15.7. The number of aromatic nitrogens is 2. The number of carboxylic acid groups (broad SMARTS) is 1. The smallest absolute Gasteiger partial charge is 0.325 e. The predicted octanol–water partition coefficient (Wildman–Crippen LogP) is 1.68. The molecule has 0 aromatic carbocycles. The third kappa shape index (κ3) is 4.88. The molecule has 1 amide bonds. The molecule has 118 valence electrons. The van der Waals surface area contributed by atoms with Crippen molar-refractivity contribution < 1.29 is 14.7 Å². The van der Waals surface area contributed by atoms with E-state index >= 15 is 0 Å². The Morgan fingerprint density at radius 1 is 1.29 bits per heavy atom. The van der Waals surface area contributed by atoms with Gasteiger partial charge in [-0.05, 0) is 38.7 Å². The van der Waals surface area contributed by atoms with Crippen molar-refractivity contribution in [1.29, 1.82) is 0 Å². The average molecular weight is 295 g/mol. The van der Waals surface area contributed by atoms with Gasteiger partial charge < -0.3 is 10.4 Å². The van der Waals surface area contributed by atoms with Crippen LogP contribution in [-0.4, -0.2) is 32.8 Å². The molecule has 0 aliphatic heterocycles. The van der Waals surface area contributed by atoms with E-state index < -0.39 is 12.0 Å². The summed E-state index contributed by atoms with van der Waals surface area (Å²) in [5.74, 6) is -0.767. The standard InChI is InChI=1S/C15H25N3O3/c1-9(2)8-18-12(5)13(10(3)17-18)6-7-14(19)16-11(4)15(20)21/h9,11H,6-8H2,1-5H3,(H,16,19)(H,20,21). The van der Waals surface area contributed by atoms with Crippen molar-refractivity contribution in [3.63, 3.8) is 0 Å². The number of aryl methyl sites for hydroxylation is 1. The largest absolute Gasteiger partial charge is 0.480 e. The van der Waals surface area contributed by atoms with Crippen LogP contribution in [0.3, 0.4) is 0 Å². The highest BCUT2D eigenvalue weighted by atomic mass is 16.4. The Morgan fingerprint density at radius 3 is 2.43 bits per heavy atom. The summed E-state index contributed by atoms with van der Waals surface area (Å²) in [6.07, 6.45) is 0.848. The summed E-state index contributed by atoms with van der Waals surface area (Å²) in [7, 11) is 0. The lowest BCUT2D eigenvalue weighted by molar-refractivity contribution is -0.141. The molecule has 1 aromatic rings. The van der Waals surface area contributed by atoms with E-state index in [1.165, 1.54) is 6.92 Å². The second-order valence-electron chi connectivity index (χ2n) is 5.85. The van der Waals surface area contributed by atoms with Crippen molar-refractivity contribution in [2.75, 3.05) is 0 Å². The predicted molar refractivity (Wildman–Crippen MR) is 80.1 cm³/mol. The lowest BCUT2D eigenvalue weighted by atomic mass is 10.1. The third-order valence-electron chi connectivity index (χ3n) is 3.42. The summed E-state index contributed by atoms with van der Waals surface area (Å²) < 4.78 is 1.98. The second kappa shape index (κ2) is 7.24. The van der Waals surface area contributed by atoms with Gasteiger partial charge in [0.05, 0.1) is 5.69 Å². The van der Waals surface area contributed by atoms with E-state index in [4.69, 9.17) is 5.11 Å². The van der Waals surface area contributed by atoms with Crippen LogP contribution in [0.25, 0.3) is 0 Å². The van der Waals surface area contributed by atoms with Crippen LogP contribution in [0.2, 0.25) is 0 Å². The Bertz CT molecular complexity index is 520. The molecular formula is C15H25N3O3. The summed E-state index contributed by atoms with van der Waals surface area (Å²) in [6.45, 7) is 10.5. The molecule has 6 nitrogen and oxygen atoms in total. The van der Waals surface area contributed by atoms with Crippen LogP contribution < -0.4 is 5.32 Å². The van der Waals surface area contributed by atoms with Gasteiger partial charge in [0.2, 0.25) is 5.91 Å². The molecule has 1 atom stereocenters. The molecule has 6 heteroatoms. The Morgan fingerprint density at radius 2 is 1.90 bits per heavy atom. The first-order valence-corrected chi connectivity index (χ1v) is 7.27. The number of carbonyl (C=O) groups excluding carboxylic acids is 1. The number of rotatable bonds is 7. The molecule has 0 fully saturated rings. The monoisotopic (exact) mass is 295 g/mol. The summed E-state index contributed by atoms with van der Waals surface area (Å²) >= 11 is 0. The van der Waals surface area contributed by atoms with E-state index in [2.05, 4.69) is 24.3 Å². The van der Waals surface area contributed by atoms with E-state index in [1.807, 2.05) is 18.5 Å². The minimum atomic E-state index is -1.03. The van der Waals surface area contributed by atoms with Gasteiger partial charge in [-0.25, -0.2) is 0 Å². The van der Waals surface area contributed by atoms with E-state index in [-0.39, 0.29) is 12.3 Å². The molecule has 1 unspecified atom stereocenters. The summed E-state index contributed by atoms with van der Waals surface area (Å²) in [4.78, 5) is 22.4. The topological polar surface area (TPSA) is 84.2 Å². The lowest BCUT2D eigenvalue weighted by Gasteiger charge is -2.10. The lowest BCUT2D eigenvalue weighted by Crippen LogP contribution is -2.38. The zero-order valence-corrected chi connectivity index (χ0v) is 13.4. The number of hydrogen-bond donors (Lipinski definition) is 2. The van der Waals surface area contributed by atoms with Gasteiger partial charge in [0, 0.05) is 18.7 Å². The zero-order chi connectivity index (χ0) is 16.2. The number of amides is 1. The highest BCUT2D eigenvalue weighted by molar-refractivity contribution is 5.83. The number of carboxylic acids is 1. The number of nitrogens with zero attached hydrogens (tertiary/aromatic N) is 2. The third-order valence-corrected chi connectivity index (χ3v) is 3.42. The molecule has 1 aromatic heterocycles. The quantitative estimate of drug-likeness (QED) is 0.801. The molecule has 0 radical (unpaired) electrons. The van der Waals surface area contributed by atoms with Gasteiger partial charge in [-0.2, -0.15) is 5.10 Å². The second-order valence-corrected chi connectivity index (χ2v) is 5.85. The molecule has 1 rings (SSSR count). The molecule has 0 bridgehead atoms. The first-order valence-electron chi connectivity index (χ1n) is 7.27. The SMILES string of the molecule is Cc1nn(CC(C)C)c(C)c1CCC(=O)NC(C)C(=O)O. The number of aliphatic carboxylic acids is 1.